The van der Waals surface area contributed by atoms with Crippen LogP contribution in [0.3, 0.4) is 0 Å². The molecule has 1 atom stereocenters. The molecule has 2 aromatic carbocycles. The van der Waals surface area contributed by atoms with Gasteiger partial charge in [0.25, 0.3) is 0 Å². The molecule has 0 fully saturated rings. The third kappa shape index (κ3) is 5.79. The molecule has 0 spiro atoms. The summed E-state index contributed by atoms with van der Waals surface area (Å²) in [5.41, 5.74) is 5.95. The van der Waals surface area contributed by atoms with Crippen LogP contribution in [0.2, 0.25) is 0 Å². The first-order chi connectivity index (χ1) is 15.4. The lowest BCUT2D eigenvalue weighted by atomic mass is 10.1. The van der Waals surface area contributed by atoms with Crippen molar-refractivity contribution in [1.29, 1.82) is 0 Å². The number of carbonyl (C=O) groups is 2. The second kappa shape index (κ2) is 10.7. The van der Waals surface area contributed by atoms with Gasteiger partial charge in [-0.15, -0.1) is 10.2 Å². The van der Waals surface area contributed by atoms with Crippen molar-refractivity contribution in [1.82, 2.24) is 20.1 Å². The van der Waals surface area contributed by atoms with Crippen molar-refractivity contribution in [3.8, 4) is 17.2 Å². The van der Waals surface area contributed by atoms with Crippen LogP contribution in [-0.2, 0) is 11.4 Å². The number of nitrogens with zero attached hydrogens (tertiary/aromatic N) is 3. The molecule has 0 aliphatic carbocycles. The monoisotopic (exact) mass is 455 g/mol. The fraction of sp³-hybridized carbons (Fsp3) is 0.273. The van der Waals surface area contributed by atoms with Gasteiger partial charge in [0.2, 0.25) is 5.91 Å². The van der Waals surface area contributed by atoms with E-state index in [0.717, 1.165) is 11.4 Å². The predicted molar refractivity (Wildman–Crippen MR) is 121 cm³/mol. The van der Waals surface area contributed by atoms with Crippen molar-refractivity contribution in [2.45, 2.75) is 30.9 Å². The van der Waals surface area contributed by atoms with Crippen molar-refractivity contribution in [2.24, 2.45) is 11.7 Å². The molecular weight excluding hydrogens is 430 g/mol. The first-order valence-corrected chi connectivity index (χ1v) is 10.8. The van der Waals surface area contributed by atoms with E-state index in [1.807, 2.05) is 60.9 Å². The number of ether oxygens (including phenoxy) is 2. The molecule has 32 heavy (non-hydrogen) atoms. The van der Waals surface area contributed by atoms with Gasteiger partial charge in [0, 0.05) is 5.69 Å². The Balaban J connectivity index is 1.88. The number of benzene rings is 2. The highest BCUT2D eigenvalue weighted by Gasteiger charge is 2.28. The minimum Gasteiger partial charge on any atom is -0.497 e. The number of thioether (sulfide) groups is 1. The van der Waals surface area contributed by atoms with Crippen LogP contribution in [-0.4, -0.2) is 39.1 Å². The average Bonchev–Trinajstić information content (AvgIpc) is 3.18. The number of nitrogens with one attached hydrogen (secondary N) is 1. The molecule has 3 rings (SSSR count). The number of nitrogens with two attached hydrogens (primary N) is 1. The number of primary amides is 1. The van der Waals surface area contributed by atoms with Gasteiger partial charge in [-0.3, -0.25) is 14.7 Å². The zero-order chi connectivity index (χ0) is 23.1. The fourth-order valence-corrected chi connectivity index (χ4v) is 3.99. The van der Waals surface area contributed by atoms with Crippen LogP contribution in [0.15, 0.2) is 59.8 Å². The largest absolute Gasteiger partial charge is 0.497 e. The number of hydrogen-bond donors (Lipinski definition) is 2. The van der Waals surface area contributed by atoms with Crippen molar-refractivity contribution >= 4 is 23.7 Å². The number of aromatic nitrogens is 3. The fourth-order valence-electron chi connectivity index (χ4n) is 2.92. The molecule has 0 bridgehead atoms. The Morgan fingerprint density at radius 2 is 1.72 bits per heavy atom. The van der Waals surface area contributed by atoms with Crippen molar-refractivity contribution < 1.29 is 19.1 Å². The van der Waals surface area contributed by atoms with Gasteiger partial charge in [-0.05, 0) is 42.3 Å². The lowest BCUT2D eigenvalue weighted by Crippen LogP contribution is -2.42. The molecule has 1 unspecified atom stereocenters. The molecule has 0 aliphatic heterocycles. The first kappa shape index (κ1) is 23.1. The topological polar surface area (TPSA) is 121 Å². The van der Waals surface area contributed by atoms with E-state index in [9.17, 15) is 9.59 Å². The molecule has 1 aromatic heterocycles. The molecule has 168 valence electrons. The summed E-state index contributed by atoms with van der Waals surface area (Å²) in [6.45, 7) is 3.93. The Bertz CT molecular complexity index is 1050. The molecule has 9 nitrogen and oxygen atoms in total. The van der Waals surface area contributed by atoms with Crippen molar-refractivity contribution in [3.05, 3.63) is 60.4 Å². The van der Waals surface area contributed by atoms with Crippen molar-refractivity contribution in [3.63, 3.8) is 0 Å². The second-order valence-corrected chi connectivity index (χ2v) is 8.28. The van der Waals surface area contributed by atoms with Crippen LogP contribution in [0.1, 0.15) is 19.7 Å². The molecule has 0 radical (unpaired) electrons. The van der Waals surface area contributed by atoms with Gasteiger partial charge in [0.15, 0.2) is 11.0 Å². The third-order valence-corrected chi connectivity index (χ3v) is 5.97. The lowest BCUT2D eigenvalue weighted by molar-refractivity contribution is -0.120. The van der Waals surface area contributed by atoms with E-state index < -0.39 is 17.2 Å². The van der Waals surface area contributed by atoms with Crippen LogP contribution >= 0.6 is 11.8 Å². The highest BCUT2D eigenvalue weighted by molar-refractivity contribution is 8.00. The molecule has 0 saturated carbocycles. The average molecular weight is 456 g/mol. The molecule has 1 heterocycles. The SMILES string of the molecule is COc1ccc(OCc2nnc(SC(C(=O)NC(N)=O)C(C)C)n2-c2ccccc2)cc1. The molecule has 3 aromatic rings. The molecule has 10 heteroatoms. The number of methoxy groups -OCH3 is 1. The Morgan fingerprint density at radius 3 is 2.31 bits per heavy atom. The van der Waals surface area contributed by atoms with E-state index in [0.29, 0.717) is 16.7 Å². The summed E-state index contributed by atoms with van der Waals surface area (Å²) in [7, 11) is 1.60. The number of carbonyl (C=O) groups excluding carboxylic acids is 2. The highest BCUT2D eigenvalue weighted by Crippen LogP contribution is 2.30. The Labute approximate surface area is 190 Å². The molecule has 3 amide bonds. The van der Waals surface area contributed by atoms with Gasteiger partial charge in [-0.1, -0.05) is 43.8 Å². The smallest absolute Gasteiger partial charge is 0.318 e. The van der Waals surface area contributed by atoms with E-state index in [4.69, 9.17) is 15.2 Å². The minimum absolute atomic E-state index is 0.0840. The van der Waals surface area contributed by atoms with E-state index in [2.05, 4.69) is 15.5 Å². The van der Waals surface area contributed by atoms with E-state index in [1.54, 1.807) is 19.2 Å². The summed E-state index contributed by atoms with van der Waals surface area (Å²) in [5.74, 6) is 1.39. The molecule has 0 aliphatic rings. The zero-order valence-electron chi connectivity index (χ0n) is 18.0. The van der Waals surface area contributed by atoms with Crippen molar-refractivity contribution in [2.75, 3.05) is 7.11 Å². The maximum absolute atomic E-state index is 12.5. The van der Waals surface area contributed by atoms with Gasteiger partial charge in [-0.2, -0.15) is 0 Å². The summed E-state index contributed by atoms with van der Waals surface area (Å²) in [6, 6.07) is 15.9. The number of imide groups is 1. The lowest BCUT2D eigenvalue weighted by Gasteiger charge is -2.19. The zero-order valence-corrected chi connectivity index (χ0v) is 18.8. The highest BCUT2D eigenvalue weighted by atomic mass is 32.2. The maximum atomic E-state index is 12.5. The Morgan fingerprint density at radius 1 is 1.06 bits per heavy atom. The normalized spacial score (nSPS) is 11.8. The summed E-state index contributed by atoms with van der Waals surface area (Å²) >= 11 is 1.21. The van der Waals surface area contributed by atoms with Crippen LogP contribution in [0, 0.1) is 5.92 Å². The van der Waals surface area contributed by atoms with Gasteiger partial charge < -0.3 is 15.2 Å². The van der Waals surface area contributed by atoms with Gasteiger partial charge in [-0.25, -0.2) is 4.79 Å². The number of hydrogen-bond acceptors (Lipinski definition) is 7. The van der Waals surface area contributed by atoms with Gasteiger partial charge in [0.1, 0.15) is 18.1 Å². The van der Waals surface area contributed by atoms with E-state index in [1.165, 1.54) is 11.8 Å². The second-order valence-electron chi connectivity index (χ2n) is 7.17. The predicted octanol–water partition coefficient (Wildman–Crippen LogP) is 3.17. The maximum Gasteiger partial charge on any atom is 0.318 e. The Kier molecular flexibility index (Phi) is 7.72. The first-order valence-electron chi connectivity index (χ1n) is 9.92. The van der Waals surface area contributed by atoms with E-state index in [-0.39, 0.29) is 12.5 Å². The molecular formula is C22H25N5O4S. The number of amides is 3. The van der Waals surface area contributed by atoms with Crippen LogP contribution in [0.25, 0.3) is 5.69 Å². The van der Waals surface area contributed by atoms with Crippen LogP contribution < -0.4 is 20.5 Å². The van der Waals surface area contributed by atoms with Crippen LogP contribution in [0.5, 0.6) is 11.5 Å². The summed E-state index contributed by atoms with van der Waals surface area (Å²) in [4.78, 5) is 23.7. The van der Waals surface area contributed by atoms with E-state index >= 15 is 0 Å². The quantitative estimate of drug-likeness (QED) is 0.475. The summed E-state index contributed by atoms with van der Waals surface area (Å²) in [5, 5.41) is 10.7. The summed E-state index contributed by atoms with van der Waals surface area (Å²) in [6.07, 6.45) is 0. The summed E-state index contributed by atoms with van der Waals surface area (Å²) < 4.78 is 12.9. The Hall–Kier alpha value is -3.53. The number of urea groups is 1. The number of para-hydroxylation sites is 1. The minimum atomic E-state index is -0.889. The van der Waals surface area contributed by atoms with Gasteiger partial charge in [0.05, 0.1) is 12.4 Å². The number of rotatable bonds is 9. The molecule has 0 saturated heterocycles. The molecule has 3 N–H and O–H groups in total. The van der Waals surface area contributed by atoms with Gasteiger partial charge >= 0.3 is 6.03 Å². The van der Waals surface area contributed by atoms with Crippen LogP contribution in [0.4, 0.5) is 4.79 Å². The third-order valence-electron chi connectivity index (χ3n) is 4.48. The standard InChI is InChI=1S/C22H25N5O4S/c1-14(2)19(20(28)24-21(23)29)32-22-26-25-18(27(22)15-7-5-4-6-8-15)13-31-17-11-9-16(30-3)10-12-17/h4-12,14,19H,13H2,1-3H3,(H3,23,24,28,29).